The van der Waals surface area contributed by atoms with Crippen molar-refractivity contribution >= 4 is 21.6 Å². The van der Waals surface area contributed by atoms with E-state index in [1.165, 1.54) is 31.0 Å². The van der Waals surface area contributed by atoms with Crippen LogP contribution in [0.5, 0.6) is 0 Å². The van der Waals surface area contributed by atoms with Gasteiger partial charge in [0, 0.05) is 21.6 Å². The van der Waals surface area contributed by atoms with Crippen LogP contribution < -0.4 is 20.5 Å². The monoisotopic (exact) mass is 414 g/mol. The van der Waals surface area contributed by atoms with Crippen LogP contribution >= 0.6 is 21.6 Å². The van der Waals surface area contributed by atoms with Crippen LogP contribution in [0.15, 0.2) is 80.3 Å². The Morgan fingerprint density at radius 3 is 1.39 bits per heavy atom. The summed E-state index contributed by atoms with van der Waals surface area (Å²) in [6, 6.07) is 18.7. The molecule has 0 aliphatic carbocycles. The fourth-order valence-corrected chi connectivity index (χ4v) is 5.09. The van der Waals surface area contributed by atoms with Crippen LogP contribution in [0.3, 0.4) is 0 Å². The molecule has 4 aromatic rings. The summed E-state index contributed by atoms with van der Waals surface area (Å²) in [5, 5.41) is 7.00. The molecule has 0 unspecified atom stereocenters. The lowest BCUT2D eigenvalue weighted by Crippen LogP contribution is -2.34. The van der Waals surface area contributed by atoms with Crippen molar-refractivity contribution < 1.29 is 9.36 Å². The second kappa shape index (κ2) is 7.56. The zero-order chi connectivity index (χ0) is 19.7. The van der Waals surface area contributed by atoms with Gasteiger partial charge < -0.3 is 0 Å². The molecular weight excluding hydrogens is 396 g/mol. The summed E-state index contributed by atoms with van der Waals surface area (Å²) in [7, 11) is 6.01. The zero-order valence-electron chi connectivity index (χ0n) is 15.2. The summed E-state index contributed by atoms with van der Waals surface area (Å²) in [5.74, 6) is 0. The molecule has 4 rings (SSSR count). The zero-order valence-corrected chi connectivity index (χ0v) is 16.8. The number of rotatable bonds is 5. The molecule has 0 aliphatic heterocycles. The van der Waals surface area contributed by atoms with E-state index in [-0.39, 0.29) is 11.1 Å². The molecule has 0 amide bonds. The molecule has 142 valence electrons. The van der Waals surface area contributed by atoms with E-state index in [1.807, 2.05) is 60.7 Å². The van der Waals surface area contributed by atoms with E-state index in [0.29, 0.717) is 10.1 Å². The number of aromatic nitrogens is 6. The second-order valence-corrected chi connectivity index (χ2v) is 8.15. The number of hydrogen-bond donors (Lipinski definition) is 2. The summed E-state index contributed by atoms with van der Waals surface area (Å²) in [4.78, 5) is 25.6. The van der Waals surface area contributed by atoms with Crippen LogP contribution in [0, 0.1) is 0 Å². The number of nitrogens with zero attached hydrogens (tertiary/aromatic N) is 4. The average molecular weight is 415 g/mol. The molecule has 10 heteroatoms. The summed E-state index contributed by atoms with van der Waals surface area (Å²) >= 11 is 0. The number of nitrogens with one attached hydrogen (secondary N) is 2. The fraction of sp³-hybridized carbons (Fsp3) is 0.111. The maximum Gasteiger partial charge on any atom is 0.413 e. The fourth-order valence-electron chi connectivity index (χ4n) is 2.73. The Hall–Kier alpha value is -2.98. The highest BCUT2D eigenvalue weighted by molar-refractivity contribution is 8.76. The van der Waals surface area contributed by atoms with Crippen molar-refractivity contribution in [3.05, 3.63) is 81.4 Å². The van der Waals surface area contributed by atoms with Gasteiger partial charge in [0.15, 0.2) is 11.4 Å². The van der Waals surface area contributed by atoms with Crippen molar-refractivity contribution in [2.24, 2.45) is 14.1 Å². The standard InChI is InChI=1S/C18H16N6O2S2/c1-21-17(15(25)23(19-21)13-9-5-3-6-10-13)27-28-18-16(26)24(20-22(18)2)14-11-7-4-8-12-14/h3-12H,1-2H3/p+2. The first-order chi connectivity index (χ1) is 13.6. The van der Waals surface area contributed by atoms with Crippen molar-refractivity contribution in [1.29, 1.82) is 0 Å². The lowest BCUT2D eigenvalue weighted by atomic mass is 10.3. The molecule has 0 saturated heterocycles. The van der Waals surface area contributed by atoms with Gasteiger partial charge in [-0.05, 0) is 24.3 Å². The van der Waals surface area contributed by atoms with Crippen LogP contribution in [0.1, 0.15) is 0 Å². The molecule has 28 heavy (non-hydrogen) atoms. The number of H-pyrrole nitrogens is 2. The number of benzene rings is 2. The number of hydrogen-bond acceptors (Lipinski definition) is 4. The maximum atomic E-state index is 12.8. The summed E-state index contributed by atoms with van der Waals surface area (Å²) in [5.41, 5.74) is 1.15. The van der Waals surface area contributed by atoms with Crippen LogP contribution in [-0.4, -0.2) is 19.8 Å². The molecule has 0 fully saturated rings. The molecule has 0 spiro atoms. The van der Waals surface area contributed by atoms with Crippen molar-refractivity contribution in [2.45, 2.75) is 10.1 Å². The van der Waals surface area contributed by atoms with Crippen molar-refractivity contribution in [2.75, 3.05) is 0 Å². The van der Waals surface area contributed by atoms with E-state index in [9.17, 15) is 9.59 Å². The first-order valence-electron chi connectivity index (χ1n) is 8.44. The Morgan fingerprint density at radius 1 is 0.679 bits per heavy atom. The van der Waals surface area contributed by atoms with Crippen LogP contribution in [0.4, 0.5) is 0 Å². The van der Waals surface area contributed by atoms with Gasteiger partial charge in [-0.1, -0.05) is 56.2 Å². The van der Waals surface area contributed by atoms with Gasteiger partial charge >= 0.3 is 11.1 Å². The van der Waals surface area contributed by atoms with Crippen molar-refractivity contribution in [3.8, 4) is 11.4 Å². The van der Waals surface area contributed by atoms with Crippen LogP contribution in [0.25, 0.3) is 11.4 Å². The van der Waals surface area contributed by atoms with E-state index in [4.69, 9.17) is 0 Å². The third kappa shape index (κ3) is 3.32. The molecule has 2 aromatic heterocycles. The Kier molecular flexibility index (Phi) is 4.97. The molecule has 0 aliphatic rings. The third-order valence-corrected chi connectivity index (χ3v) is 6.60. The summed E-state index contributed by atoms with van der Waals surface area (Å²) in [6.45, 7) is 0. The molecule has 0 saturated carbocycles. The number of para-hydroxylation sites is 2. The summed E-state index contributed by atoms with van der Waals surface area (Å²) in [6.07, 6.45) is 0. The van der Waals surface area contributed by atoms with Crippen molar-refractivity contribution in [3.63, 3.8) is 0 Å². The third-order valence-electron chi connectivity index (χ3n) is 4.11. The van der Waals surface area contributed by atoms with E-state index < -0.39 is 0 Å². The van der Waals surface area contributed by atoms with Gasteiger partial charge in [-0.3, -0.25) is 0 Å². The Labute approximate surface area is 167 Å². The van der Waals surface area contributed by atoms with E-state index in [0.717, 1.165) is 11.4 Å². The Bertz CT molecular complexity index is 1130. The normalized spacial score (nSPS) is 11.1. The smallest absolute Gasteiger partial charge is 0.233 e. The van der Waals surface area contributed by atoms with Gasteiger partial charge in [0.1, 0.15) is 14.1 Å². The lowest BCUT2D eigenvalue weighted by Gasteiger charge is -1.90. The molecule has 0 atom stereocenters. The molecule has 0 bridgehead atoms. The van der Waals surface area contributed by atoms with Crippen LogP contribution in [-0.2, 0) is 14.1 Å². The van der Waals surface area contributed by atoms with E-state index in [2.05, 4.69) is 10.4 Å². The highest BCUT2D eigenvalue weighted by Gasteiger charge is 2.26. The first-order valence-corrected chi connectivity index (χ1v) is 10.6. The minimum absolute atomic E-state index is 0.173. The second-order valence-electron chi connectivity index (χ2n) is 6.05. The van der Waals surface area contributed by atoms with Crippen molar-refractivity contribution in [1.82, 2.24) is 19.8 Å². The highest BCUT2D eigenvalue weighted by atomic mass is 33.1. The van der Waals surface area contributed by atoms with Crippen LogP contribution in [0.2, 0.25) is 0 Å². The Morgan fingerprint density at radius 2 is 1.04 bits per heavy atom. The van der Waals surface area contributed by atoms with E-state index >= 15 is 0 Å². The van der Waals surface area contributed by atoms with Gasteiger partial charge in [0.25, 0.3) is 10.1 Å². The van der Waals surface area contributed by atoms with E-state index in [1.54, 1.807) is 23.5 Å². The molecular formula is C18H18N6O2S2+2. The average Bonchev–Trinajstić information content (AvgIpc) is 3.17. The maximum absolute atomic E-state index is 12.8. The largest absolute Gasteiger partial charge is 0.413 e. The van der Waals surface area contributed by atoms with Gasteiger partial charge in [0.05, 0.1) is 0 Å². The topological polar surface area (TPSA) is 83.3 Å². The first kappa shape index (κ1) is 18.4. The lowest BCUT2D eigenvalue weighted by molar-refractivity contribution is -0.766. The summed E-state index contributed by atoms with van der Waals surface area (Å²) < 4.78 is 6.25. The highest BCUT2D eigenvalue weighted by Crippen LogP contribution is 2.30. The van der Waals surface area contributed by atoms with Gasteiger partial charge in [-0.15, -0.1) is 0 Å². The predicted octanol–water partition coefficient (Wildman–Crippen LogP) is 1.09. The molecule has 2 heterocycles. The van der Waals surface area contributed by atoms with Gasteiger partial charge in [-0.25, -0.2) is 9.59 Å². The quantitative estimate of drug-likeness (QED) is 0.378. The molecule has 0 radical (unpaired) electrons. The Balaban J connectivity index is 1.63. The predicted molar refractivity (Wildman–Crippen MR) is 107 cm³/mol. The number of aryl methyl sites for hydroxylation is 2. The molecule has 2 N–H and O–H groups in total. The number of aromatic amines is 2. The van der Waals surface area contributed by atoms with Gasteiger partial charge in [0.2, 0.25) is 0 Å². The minimum atomic E-state index is -0.173. The van der Waals surface area contributed by atoms with Gasteiger partial charge in [-0.2, -0.15) is 9.36 Å². The minimum Gasteiger partial charge on any atom is -0.233 e. The molecule has 2 aromatic carbocycles. The molecule has 8 nitrogen and oxygen atoms in total. The SMILES string of the molecule is C[n+]1[nH]n(-c2ccccc2)c(=O)c1SSc1c(=O)n(-c2ccccc2)[nH][n+]1C.